The van der Waals surface area contributed by atoms with Crippen molar-refractivity contribution in [3.8, 4) is 0 Å². The van der Waals surface area contributed by atoms with Gasteiger partial charge in [0.25, 0.3) is 0 Å². The Bertz CT molecular complexity index is 331. The van der Waals surface area contributed by atoms with Crippen LogP contribution >= 0.6 is 11.8 Å². The van der Waals surface area contributed by atoms with E-state index >= 15 is 0 Å². The van der Waals surface area contributed by atoms with Gasteiger partial charge in [-0.25, -0.2) is 0 Å². The predicted molar refractivity (Wildman–Crippen MR) is 87.6 cm³/mol. The molecule has 0 bridgehead atoms. The summed E-state index contributed by atoms with van der Waals surface area (Å²) in [6, 6.07) is 0. The van der Waals surface area contributed by atoms with Gasteiger partial charge in [-0.15, -0.1) is 0 Å². The van der Waals surface area contributed by atoms with Crippen LogP contribution in [0.15, 0.2) is 30.8 Å². The molecule has 2 rings (SSSR count). The Hall–Kier alpha value is 0.369. The van der Waals surface area contributed by atoms with Crippen LogP contribution in [0.3, 0.4) is 0 Å². The van der Waals surface area contributed by atoms with E-state index in [-0.39, 0.29) is 0 Å². The standard InChI is InChI=1S/C8H8S.2C4H9.Sn/c1-3-7-5-6-9-8(7)4-2;2*1-3-4-2;/h1-4H,5-6H2;2*1,3-4H2,2H3;. The Kier molecular flexibility index (Phi) is 5.93. The van der Waals surface area contributed by atoms with Crippen LogP contribution in [0.1, 0.15) is 46.0 Å². The molecule has 0 aromatic heterocycles. The minimum atomic E-state index is -2.08. The van der Waals surface area contributed by atoms with Gasteiger partial charge in [-0.3, -0.25) is 0 Å². The number of rotatable bonds is 6. The van der Waals surface area contributed by atoms with Crippen molar-refractivity contribution in [2.45, 2.75) is 54.8 Å². The van der Waals surface area contributed by atoms with Gasteiger partial charge in [-0.05, 0) is 0 Å². The normalized spacial score (nSPS) is 21.2. The van der Waals surface area contributed by atoms with Crippen LogP contribution in [-0.2, 0) is 0 Å². The van der Waals surface area contributed by atoms with E-state index in [0.29, 0.717) is 0 Å². The van der Waals surface area contributed by atoms with E-state index in [9.17, 15) is 0 Å². The third-order valence-corrected chi connectivity index (χ3v) is 17.3. The van der Waals surface area contributed by atoms with Crippen LogP contribution < -0.4 is 0 Å². The molecule has 0 saturated carbocycles. The van der Waals surface area contributed by atoms with E-state index < -0.39 is 18.4 Å². The summed E-state index contributed by atoms with van der Waals surface area (Å²) in [6.07, 6.45) is 11.9. The fraction of sp³-hybridized carbons (Fsp3) is 0.625. The van der Waals surface area contributed by atoms with E-state index in [1.165, 1.54) is 46.7 Å². The quantitative estimate of drug-likeness (QED) is 0.547. The van der Waals surface area contributed by atoms with Gasteiger partial charge in [0.2, 0.25) is 0 Å². The number of allylic oxidation sites excluding steroid dienone is 3. The average molecular weight is 369 g/mol. The molecule has 0 N–H and O–H groups in total. The summed E-state index contributed by atoms with van der Waals surface area (Å²) in [5, 5.41) is 0. The summed E-state index contributed by atoms with van der Waals surface area (Å²) < 4.78 is 8.51. The van der Waals surface area contributed by atoms with Gasteiger partial charge in [0.1, 0.15) is 0 Å². The number of hydrogen-bond donors (Lipinski definition) is 0. The van der Waals surface area contributed by atoms with Crippen molar-refractivity contribution in [1.82, 2.24) is 0 Å². The maximum absolute atomic E-state index is 2.73. The molecule has 0 amide bonds. The van der Waals surface area contributed by atoms with Crippen LogP contribution in [0.2, 0.25) is 8.87 Å². The second kappa shape index (κ2) is 7.23. The molecule has 0 aromatic carbocycles. The fourth-order valence-corrected chi connectivity index (χ4v) is 15.9. The summed E-state index contributed by atoms with van der Waals surface area (Å²) >= 11 is -0.0137. The van der Waals surface area contributed by atoms with Gasteiger partial charge >= 0.3 is 122 Å². The zero-order valence-corrected chi connectivity index (χ0v) is 15.5. The fourth-order valence-electron chi connectivity index (χ4n) is 2.84. The minimum absolute atomic E-state index is 1.30. The SMILES string of the molecule is CCC[CH2][Sn]1([CH2]CCC)[CH]=CC2=C(C=[CH]1)SCC2. The zero-order valence-electron chi connectivity index (χ0n) is 11.9. The van der Waals surface area contributed by atoms with E-state index in [2.05, 4.69) is 45.9 Å². The maximum atomic E-state index is 2.73. The van der Waals surface area contributed by atoms with E-state index in [4.69, 9.17) is 0 Å². The summed E-state index contributed by atoms with van der Waals surface area (Å²) in [4.78, 5) is 1.58. The van der Waals surface area contributed by atoms with Gasteiger partial charge in [0.05, 0.1) is 0 Å². The van der Waals surface area contributed by atoms with Crippen LogP contribution in [0.25, 0.3) is 0 Å². The average Bonchev–Trinajstić information content (AvgIpc) is 2.78. The van der Waals surface area contributed by atoms with Gasteiger partial charge in [-0.2, -0.15) is 0 Å². The van der Waals surface area contributed by atoms with Crippen LogP contribution in [-0.4, -0.2) is 24.1 Å². The number of hydrogen-bond acceptors (Lipinski definition) is 1. The molecule has 0 spiro atoms. The first kappa shape index (κ1) is 14.8. The topological polar surface area (TPSA) is 0 Å². The van der Waals surface area contributed by atoms with E-state index in [0.717, 1.165) is 0 Å². The third kappa shape index (κ3) is 3.69. The molecular formula is C16H26SSn. The molecule has 0 aromatic rings. The second-order valence-electron chi connectivity index (χ2n) is 5.59. The number of thioether (sulfide) groups is 1. The molecule has 2 aliphatic rings. The predicted octanol–water partition coefficient (Wildman–Crippen LogP) is 5.63. The summed E-state index contributed by atoms with van der Waals surface area (Å²) in [5.74, 6) is 1.30. The van der Waals surface area contributed by atoms with E-state index in [1.807, 2.05) is 0 Å². The summed E-state index contributed by atoms with van der Waals surface area (Å²) in [6.45, 7) is 4.66. The second-order valence-corrected chi connectivity index (χ2v) is 18.5. The molecule has 0 nitrogen and oxygen atoms in total. The molecular weight excluding hydrogens is 343 g/mol. The molecule has 2 aliphatic heterocycles. The summed E-state index contributed by atoms with van der Waals surface area (Å²) in [7, 11) is 0. The molecule has 0 aliphatic carbocycles. The molecule has 0 fully saturated rings. The van der Waals surface area contributed by atoms with Crippen LogP contribution in [0.5, 0.6) is 0 Å². The molecule has 100 valence electrons. The Morgan fingerprint density at radius 3 is 2.39 bits per heavy atom. The molecule has 2 heteroatoms. The van der Waals surface area contributed by atoms with Crippen molar-refractivity contribution in [3.63, 3.8) is 0 Å². The first-order chi connectivity index (χ1) is 8.79. The van der Waals surface area contributed by atoms with Crippen molar-refractivity contribution in [2.24, 2.45) is 0 Å². The third-order valence-electron chi connectivity index (χ3n) is 4.12. The zero-order chi connectivity index (χ0) is 12.8. The van der Waals surface area contributed by atoms with Gasteiger partial charge in [-0.1, -0.05) is 0 Å². The monoisotopic (exact) mass is 370 g/mol. The Labute approximate surface area is 121 Å². The van der Waals surface area contributed by atoms with E-state index in [1.54, 1.807) is 10.5 Å². The molecule has 2 heterocycles. The molecule has 18 heavy (non-hydrogen) atoms. The first-order valence-corrected chi connectivity index (χ1v) is 15.9. The first-order valence-electron chi connectivity index (χ1n) is 7.54. The molecule has 0 atom stereocenters. The molecule has 0 radical (unpaired) electrons. The van der Waals surface area contributed by atoms with Crippen molar-refractivity contribution < 1.29 is 0 Å². The van der Waals surface area contributed by atoms with Crippen LogP contribution in [0.4, 0.5) is 0 Å². The van der Waals surface area contributed by atoms with Gasteiger partial charge < -0.3 is 0 Å². The molecule has 0 unspecified atom stereocenters. The van der Waals surface area contributed by atoms with Gasteiger partial charge in [0, 0.05) is 0 Å². The van der Waals surface area contributed by atoms with Gasteiger partial charge in [0.15, 0.2) is 0 Å². The number of unbranched alkanes of at least 4 members (excludes halogenated alkanes) is 2. The summed E-state index contributed by atoms with van der Waals surface area (Å²) in [5.41, 5.74) is 1.63. The van der Waals surface area contributed by atoms with Crippen molar-refractivity contribution >= 4 is 30.1 Å². The van der Waals surface area contributed by atoms with Crippen molar-refractivity contribution in [3.05, 3.63) is 30.8 Å². The molecule has 0 saturated heterocycles. The van der Waals surface area contributed by atoms with Crippen molar-refractivity contribution in [1.29, 1.82) is 0 Å². The van der Waals surface area contributed by atoms with Crippen molar-refractivity contribution in [2.75, 3.05) is 5.75 Å². The Balaban J connectivity index is 2.13. The van der Waals surface area contributed by atoms with Crippen LogP contribution in [0, 0.1) is 0 Å². The Morgan fingerprint density at radius 1 is 1.06 bits per heavy atom. The Morgan fingerprint density at radius 2 is 1.72 bits per heavy atom.